The summed E-state index contributed by atoms with van der Waals surface area (Å²) in [5.74, 6) is -3.96. The molecule has 4 unspecified atom stereocenters. The number of hydrogen-bond donors (Lipinski definition) is 1. The number of likely N-dealkylation sites (tertiary alicyclic amines) is 1. The summed E-state index contributed by atoms with van der Waals surface area (Å²) >= 11 is 0. The second-order valence-electron chi connectivity index (χ2n) is 8.55. The predicted molar refractivity (Wildman–Crippen MR) is 127 cm³/mol. The molecule has 2 N–H and O–H groups in total. The molecule has 8 heteroatoms. The molecule has 2 heterocycles. The second kappa shape index (κ2) is 8.72. The maximum absolute atomic E-state index is 13.8. The van der Waals surface area contributed by atoms with Gasteiger partial charge in [0.15, 0.2) is 0 Å². The number of carbonyl (C=O) groups is 4. The van der Waals surface area contributed by atoms with Crippen molar-refractivity contribution in [3.63, 3.8) is 0 Å². The third-order valence-electron chi connectivity index (χ3n) is 6.68. The van der Waals surface area contributed by atoms with Gasteiger partial charge >= 0.3 is 0 Å². The van der Waals surface area contributed by atoms with Crippen molar-refractivity contribution in [1.29, 1.82) is 0 Å². The molecule has 0 spiro atoms. The summed E-state index contributed by atoms with van der Waals surface area (Å²) in [7, 11) is 1.48. The molecule has 4 atom stereocenters. The lowest BCUT2D eigenvalue weighted by atomic mass is 9.86. The van der Waals surface area contributed by atoms with Crippen LogP contribution in [0.3, 0.4) is 0 Å². The van der Waals surface area contributed by atoms with Gasteiger partial charge in [-0.2, -0.15) is 0 Å². The van der Waals surface area contributed by atoms with Crippen LogP contribution >= 0.6 is 0 Å². The van der Waals surface area contributed by atoms with E-state index in [4.69, 9.17) is 10.5 Å². The van der Waals surface area contributed by atoms with E-state index in [9.17, 15) is 19.2 Å². The lowest BCUT2D eigenvalue weighted by molar-refractivity contribution is -0.129. The Balaban J connectivity index is 1.66. The maximum Gasteiger partial charge on any atom is 0.255 e. The zero-order valence-electron chi connectivity index (χ0n) is 18.9. The number of para-hydroxylation sites is 1. The van der Waals surface area contributed by atoms with E-state index in [0.717, 1.165) is 4.90 Å². The molecular weight excluding hydrogens is 446 g/mol. The lowest BCUT2D eigenvalue weighted by Crippen LogP contribution is -2.50. The number of methoxy groups -OCH3 is 1. The van der Waals surface area contributed by atoms with E-state index in [1.54, 1.807) is 78.9 Å². The minimum Gasteiger partial charge on any atom is -0.497 e. The van der Waals surface area contributed by atoms with Gasteiger partial charge in [0.05, 0.1) is 30.7 Å². The number of fused-ring (bicyclic) bond motifs is 1. The molecule has 4 amide bonds. The summed E-state index contributed by atoms with van der Waals surface area (Å²) in [5.41, 5.74) is 7.12. The molecule has 0 aromatic heterocycles. The summed E-state index contributed by atoms with van der Waals surface area (Å²) in [4.78, 5) is 56.4. The summed E-state index contributed by atoms with van der Waals surface area (Å²) < 4.78 is 5.25. The number of benzene rings is 3. The fraction of sp³-hybridized carbons (Fsp3) is 0.185. The maximum atomic E-state index is 13.8. The largest absolute Gasteiger partial charge is 0.497 e. The van der Waals surface area contributed by atoms with Crippen molar-refractivity contribution in [1.82, 2.24) is 4.90 Å². The standard InChI is InChI=1S/C27H23N3O5/c1-35-19-14-8-11-17(15-19)25(32)30-22(16-9-4-2-5-10-16)20-21(23(30)24(28)31)27(34)29(26(20)33)18-12-6-3-7-13-18/h2-15,20-23H,1H3,(H2,28,31). The number of primary amides is 1. The molecule has 35 heavy (non-hydrogen) atoms. The molecule has 0 saturated carbocycles. The van der Waals surface area contributed by atoms with Crippen molar-refractivity contribution in [2.24, 2.45) is 17.6 Å². The Kier molecular flexibility index (Phi) is 5.56. The minimum atomic E-state index is -1.30. The highest BCUT2D eigenvalue weighted by Crippen LogP contribution is 2.51. The zero-order chi connectivity index (χ0) is 24.7. The molecule has 2 fully saturated rings. The van der Waals surface area contributed by atoms with Crippen molar-refractivity contribution >= 4 is 29.3 Å². The van der Waals surface area contributed by atoms with Crippen molar-refractivity contribution in [2.75, 3.05) is 12.0 Å². The van der Waals surface area contributed by atoms with Crippen LogP contribution in [-0.2, 0) is 14.4 Å². The van der Waals surface area contributed by atoms with E-state index in [1.807, 2.05) is 6.07 Å². The number of amides is 4. The van der Waals surface area contributed by atoms with Crippen LogP contribution in [0.25, 0.3) is 0 Å². The number of imide groups is 1. The van der Waals surface area contributed by atoms with Crippen molar-refractivity contribution in [3.8, 4) is 5.75 Å². The average Bonchev–Trinajstić information content (AvgIpc) is 3.37. The molecular formula is C27H23N3O5. The van der Waals surface area contributed by atoms with Crippen LogP contribution in [0.4, 0.5) is 5.69 Å². The van der Waals surface area contributed by atoms with Crippen molar-refractivity contribution in [3.05, 3.63) is 96.1 Å². The predicted octanol–water partition coefficient (Wildman–Crippen LogP) is 2.55. The normalized spacial score (nSPS) is 23.3. The fourth-order valence-electron chi connectivity index (χ4n) is 5.22. The number of nitrogens with two attached hydrogens (primary N) is 1. The zero-order valence-corrected chi connectivity index (χ0v) is 18.9. The number of nitrogens with zero attached hydrogens (tertiary/aromatic N) is 2. The van der Waals surface area contributed by atoms with Gasteiger partial charge in [0.2, 0.25) is 17.7 Å². The van der Waals surface area contributed by atoms with E-state index in [1.165, 1.54) is 12.0 Å². The van der Waals surface area contributed by atoms with Crippen LogP contribution in [0.2, 0.25) is 0 Å². The van der Waals surface area contributed by atoms with Gasteiger partial charge in [0.1, 0.15) is 11.8 Å². The molecule has 8 nitrogen and oxygen atoms in total. The summed E-state index contributed by atoms with van der Waals surface area (Å²) in [6.45, 7) is 0. The number of ether oxygens (including phenoxy) is 1. The second-order valence-corrected chi connectivity index (χ2v) is 8.55. The van der Waals surface area contributed by atoms with Crippen LogP contribution in [0, 0.1) is 11.8 Å². The van der Waals surface area contributed by atoms with Gasteiger partial charge in [0.25, 0.3) is 5.91 Å². The molecule has 3 aromatic rings. The summed E-state index contributed by atoms with van der Waals surface area (Å²) in [6, 6.07) is 21.8. The molecule has 2 aliphatic rings. The number of carbonyl (C=O) groups excluding carboxylic acids is 4. The molecule has 2 aliphatic heterocycles. The highest BCUT2D eigenvalue weighted by molar-refractivity contribution is 6.24. The SMILES string of the molecule is COc1cccc(C(=O)N2C(C(N)=O)C3C(=O)N(c4ccccc4)C(=O)C3C2c2ccccc2)c1. The summed E-state index contributed by atoms with van der Waals surface area (Å²) in [5, 5.41) is 0. The van der Waals surface area contributed by atoms with Gasteiger partial charge < -0.3 is 15.4 Å². The minimum absolute atomic E-state index is 0.260. The molecule has 5 rings (SSSR count). The first kappa shape index (κ1) is 22.3. The van der Waals surface area contributed by atoms with E-state index >= 15 is 0 Å². The third kappa shape index (κ3) is 3.54. The van der Waals surface area contributed by atoms with Gasteiger partial charge in [-0.25, -0.2) is 4.90 Å². The van der Waals surface area contributed by atoms with E-state index in [0.29, 0.717) is 17.0 Å². The number of anilines is 1. The Bertz CT molecular complexity index is 1310. The molecule has 0 radical (unpaired) electrons. The van der Waals surface area contributed by atoms with Crippen LogP contribution in [0.1, 0.15) is 22.0 Å². The number of rotatable bonds is 5. The number of hydrogen-bond acceptors (Lipinski definition) is 5. The lowest BCUT2D eigenvalue weighted by Gasteiger charge is -2.32. The van der Waals surface area contributed by atoms with Crippen LogP contribution < -0.4 is 15.4 Å². The van der Waals surface area contributed by atoms with Crippen molar-refractivity contribution < 1.29 is 23.9 Å². The smallest absolute Gasteiger partial charge is 0.255 e. The van der Waals surface area contributed by atoms with E-state index in [-0.39, 0.29) is 5.56 Å². The van der Waals surface area contributed by atoms with Crippen molar-refractivity contribution in [2.45, 2.75) is 12.1 Å². The van der Waals surface area contributed by atoms with Gasteiger partial charge in [0, 0.05) is 5.56 Å². The van der Waals surface area contributed by atoms with Crippen LogP contribution in [-0.4, -0.2) is 41.7 Å². The average molecular weight is 469 g/mol. The fourth-order valence-corrected chi connectivity index (χ4v) is 5.22. The first-order valence-corrected chi connectivity index (χ1v) is 11.2. The topological polar surface area (TPSA) is 110 Å². The highest BCUT2D eigenvalue weighted by Gasteiger charge is 2.65. The molecule has 2 saturated heterocycles. The Morgan fingerprint density at radius 3 is 2.09 bits per heavy atom. The first-order valence-electron chi connectivity index (χ1n) is 11.2. The van der Waals surface area contributed by atoms with Gasteiger partial charge in [-0.15, -0.1) is 0 Å². The van der Waals surface area contributed by atoms with Crippen LogP contribution in [0.5, 0.6) is 5.75 Å². The Morgan fingerprint density at radius 2 is 1.46 bits per heavy atom. The monoisotopic (exact) mass is 469 g/mol. The Morgan fingerprint density at radius 1 is 0.829 bits per heavy atom. The molecule has 3 aromatic carbocycles. The van der Waals surface area contributed by atoms with Gasteiger partial charge in [-0.3, -0.25) is 19.2 Å². The van der Waals surface area contributed by atoms with Gasteiger partial charge in [-0.05, 0) is 35.9 Å². The van der Waals surface area contributed by atoms with Crippen LogP contribution in [0.15, 0.2) is 84.9 Å². The molecule has 0 aliphatic carbocycles. The third-order valence-corrected chi connectivity index (χ3v) is 6.68. The molecule has 0 bridgehead atoms. The quantitative estimate of drug-likeness (QED) is 0.578. The molecule has 176 valence electrons. The van der Waals surface area contributed by atoms with E-state index in [2.05, 4.69) is 0 Å². The Labute approximate surface area is 201 Å². The van der Waals surface area contributed by atoms with E-state index < -0.39 is 47.5 Å². The highest BCUT2D eigenvalue weighted by atomic mass is 16.5. The Hall–Kier alpha value is -4.46. The first-order chi connectivity index (χ1) is 16.9. The van der Waals surface area contributed by atoms with Gasteiger partial charge in [-0.1, -0.05) is 54.6 Å². The summed E-state index contributed by atoms with van der Waals surface area (Å²) in [6.07, 6.45) is 0.